The van der Waals surface area contributed by atoms with E-state index >= 15 is 0 Å². The summed E-state index contributed by atoms with van der Waals surface area (Å²) in [5.41, 5.74) is 5.68. The monoisotopic (exact) mass is 290 g/mol. The molecule has 0 unspecified atom stereocenters. The fourth-order valence-electron chi connectivity index (χ4n) is 2.13. The highest BCUT2D eigenvalue weighted by molar-refractivity contribution is 7.09. The molecular weight excluding hydrogens is 276 g/mol. The summed E-state index contributed by atoms with van der Waals surface area (Å²) in [6.45, 7) is 0.718. The molecule has 1 aliphatic rings. The number of nitrogens with zero attached hydrogens (tertiary/aromatic N) is 3. The summed E-state index contributed by atoms with van der Waals surface area (Å²) in [4.78, 5) is 18.1. The first-order valence-electron chi connectivity index (χ1n) is 6.34. The van der Waals surface area contributed by atoms with Crippen LogP contribution in [0.3, 0.4) is 0 Å². The number of anilines is 2. The van der Waals surface area contributed by atoms with Crippen molar-refractivity contribution in [3.8, 4) is 0 Å². The zero-order chi connectivity index (χ0) is 14.1. The summed E-state index contributed by atoms with van der Waals surface area (Å²) in [6.07, 6.45) is 2.19. The van der Waals surface area contributed by atoms with Crippen molar-refractivity contribution in [1.82, 2.24) is 4.98 Å². The van der Waals surface area contributed by atoms with Crippen molar-refractivity contribution in [2.24, 2.45) is 0 Å². The standard InChI is InChI=1S/C13H14N4O2S/c14-12-6-10(17(18)19)7-13(15-12)16(9-3-4-9)8-11-2-1-5-20-11/h1-2,5-7,9H,3-4,8H2,(H2,14,15). The predicted octanol–water partition coefficient (Wildman–Crippen LogP) is 2.80. The number of rotatable bonds is 5. The molecule has 0 aromatic carbocycles. The molecule has 1 fully saturated rings. The molecule has 3 rings (SSSR count). The number of hydrogen-bond donors (Lipinski definition) is 1. The van der Waals surface area contributed by atoms with Crippen LogP contribution in [0.15, 0.2) is 29.6 Å². The highest BCUT2D eigenvalue weighted by atomic mass is 32.1. The molecule has 0 amide bonds. The Morgan fingerprint density at radius 3 is 2.90 bits per heavy atom. The van der Waals surface area contributed by atoms with Gasteiger partial charge in [0.15, 0.2) is 0 Å². The summed E-state index contributed by atoms with van der Waals surface area (Å²) in [5.74, 6) is 0.777. The fourth-order valence-corrected chi connectivity index (χ4v) is 2.83. The van der Waals surface area contributed by atoms with Crippen LogP contribution in [-0.2, 0) is 6.54 Å². The molecular formula is C13H14N4O2S. The average molecular weight is 290 g/mol. The van der Waals surface area contributed by atoms with Gasteiger partial charge in [-0.05, 0) is 24.3 Å². The summed E-state index contributed by atoms with van der Waals surface area (Å²) in [5, 5.41) is 13.0. The third kappa shape index (κ3) is 2.72. The smallest absolute Gasteiger partial charge is 0.276 e. The van der Waals surface area contributed by atoms with Gasteiger partial charge in [-0.25, -0.2) is 4.98 Å². The van der Waals surface area contributed by atoms with E-state index < -0.39 is 4.92 Å². The Bertz CT molecular complexity index is 625. The first-order valence-corrected chi connectivity index (χ1v) is 7.22. The van der Waals surface area contributed by atoms with Crippen molar-refractivity contribution in [1.29, 1.82) is 0 Å². The van der Waals surface area contributed by atoms with E-state index in [1.165, 1.54) is 17.0 Å². The van der Waals surface area contributed by atoms with Gasteiger partial charge in [0, 0.05) is 10.9 Å². The summed E-state index contributed by atoms with van der Waals surface area (Å²) >= 11 is 1.67. The average Bonchev–Trinajstić information content (AvgIpc) is 3.12. The zero-order valence-electron chi connectivity index (χ0n) is 10.7. The van der Waals surface area contributed by atoms with Gasteiger partial charge in [0.2, 0.25) is 0 Å². The van der Waals surface area contributed by atoms with E-state index in [1.54, 1.807) is 11.3 Å². The SMILES string of the molecule is Nc1cc([N+](=O)[O-])cc(N(Cc2cccs2)C2CC2)n1. The van der Waals surface area contributed by atoms with Crippen molar-refractivity contribution in [2.75, 3.05) is 10.6 Å². The molecule has 0 atom stereocenters. The van der Waals surface area contributed by atoms with Crippen LogP contribution in [0.2, 0.25) is 0 Å². The van der Waals surface area contributed by atoms with Crippen LogP contribution in [0.25, 0.3) is 0 Å². The van der Waals surface area contributed by atoms with Crippen molar-refractivity contribution in [3.05, 3.63) is 44.6 Å². The van der Waals surface area contributed by atoms with Crippen LogP contribution in [0.4, 0.5) is 17.3 Å². The van der Waals surface area contributed by atoms with Crippen LogP contribution in [0, 0.1) is 10.1 Å². The maximum absolute atomic E-state index is 10.9. The minimum absolute atomic E-state index is 0.00988. The van der Waals surface area contributed by atoms with Gasteiger partial charge in [0.25, 0.3) is 5.69 Å². The van der Waals surface area contributed by atoms with Gasteiger partial charge in [0.05, 0.1) is 23.6 Å². The Morgan fingerprint density at radius 2 is 2.30 bits per heavy atom. The molecule has 104 valence electrons. The summed E-state index contributed by atoms with van der Waals surface area (Å²) in [6, 6.07) is 7.26. The van der Waals surface area contributed by atoms with Gasteiger partial charge in [-0.15, -0.1) is 11.3 Å². The lowest BCUT2D eigenvalue weighted by molar-refractivity contribution is -0.384. The summed E-state index contributed by atoms with van der Waals surface area (Å²) < 4.78 is 0. The first kappa shape index (κ1) is 12.9. The molecule has 0 spiro atoms. The molecule has 6 nitrogen and oxygen atoms in total. The molecule has 0 bridgehead atoms. The number of nitrogens with two attached hydrogens (primary N) is 1. The molecule has 0 saturated heterocycles. The lowest BCUT2D eigenvalue weighted by Crippen LogP contribution is -2.25. The minimum atomic E-state index is -0.433. The third-order valence-electron chi connectivity index (χ3n) is 3.22. The van der Waals surface area contributed by atoms with Gasteiger partial charge in [-0.2, -0.15) is 0 Å². The number of aromatic nitrogens is 1. The molecule has 2 aromatic rings. The van der Waals surface area contributed by atoms with Crippen molar-refractivity contribution < 1.29 is 4.92 Å². The Morgan fingerprint density at radius 1 is 1.50 bits per heavy atom. The Labute approximate surface area is 120 Å². The van der Waals surface area contributed by atoms with Crippen molar-refractivity contribution in [2.45, 2.75) is 25.4 Å². The predicted molar refractivity (Wildman–Crippen MR) is 78.8 cm³/mol. The topological polar surface area (TPSA) is 85.3 Å². The van der Waals surface area contributed by atoms with Crippen LogP contribution < -0.4 is 10.6 Å². The van der Waals surface area contributed by atoms with E-state index in [-0.39, 0.29) is 11.5 Å². The lowest BCUT2D eigenvalue weighted by Gasteiger charge is -2.22. The fraction of sp³-hybridized carbons (Fsp3) is 0.308. The van der Waals surface area contributed by atoms with E-state index in [0.29, 0.717) is 11.9 Å². The Kier molecular flexibility index (Phi) is 3.27. The van der Waals surface area contributed by atoms with E-state index in [4.69, 9.17) is 5.73 Å². The largest absolute Gasteiger partial charge is 0.383 e. The molecule has 0 aliphatic heterocycles. The van der Waals surface area contributed by atoms with Gasteiger partial charge in [-0.1, -0.05) is 6.07 Å². The molecule has 1 saturated carbocycles. The quantitative estimate of drug-likeness (QED) is 0.676. The van der Waals surface area contributed by atoms with Crippen molar-refractivity contribution in [3.63, 3.8) is 0 Å². The lowest BCUT2D eigenvalue weighted by atomic mass is 10.3. The van der Waals surface area contributed by atoms with Crippen LogP contribution in [0.5, 0.6) is 0 Å². The molecule has 1 aliphatic carbocycles. The molecule has 2 aromatic heterocycles. The second kappa shape index (κ2) is 5.09. The van der Waals surface area contributed by atoms with Gasteiger partial charge in [0.1, 0.15) is 11.6 Å². The molecule has 0 radical (unpaired) electrons. The summed E-state index contributed by atoms with van der Waals surface area (Å²) in [7, 11) is 0. The highest BCUT2D eigenvalue weighted by Gasteiger charge is 2.31. The van der Waals surface area contributed by atoms with E-state index in [2.05, 4.69) is 16.0 Å². The molecule has 2 N–H and O–H groups in total. The number of nitrogen functional groups attached to an aromatic ring is 1. The maximum Gasteiger partial charge on any atom is 0.276 e. The van der Waals surface area contributed by atoms with Crippen LogP contribution in [0.1, 0.15) is 17.7 Å². The van der Waals surface area contributed by atoms with Gasteiger partial charge >= 0.3 is 0 Å². The number of nitro groups is 1. The number of pyridine rings is 1. The third-order valence-corrected chi connectivity index (χ3v) is 4.08. The molecule has 2 heterocycles. The Balaban J connectivity index is 1.93. The number of hydrogen-bond acceptors (Lipinski definition) is 6. The van der Waals surface area contributed by atoms with E-state index in [0.717, 1.165) is 19.4 Å². The normalized spacial score (nSPS) is 14.2. The van der Waals surface area contributed by atoms with Crippen LogP contribution in [-0.4, -0.2) is 15.9 Å². The minimum Gasteiger partial charge on any atom is -0.383 e. The van der Waals surface area contributed by atoms with Crippen molar-refractivity contribution >= 4 is 28.7 Å². The first-order chi connectivity index (χ1) is 9.63. The van der Waals surface area contributed by atoms with Crippen LogP contribution >= 0.6 is 11.3 Å². The van der Waals surface area contributed by atoms with Gasteiger partial charge < -0.3 is 10.6 Å². The molecule has 7 heteroatoms. The van der Waals surface area contributed by atoms with E-state index in [9.17, 15) is 10.1 Å². The maximum atomic E-state index is 10.9. The zero-order valence-corrected chi connectivity index (χ0v) is 11.5. The second-order valence-electron chi connectivity index (χ2n) is 4.80. The van der Waals surface area contributed by atoms with Gasteiger partial charge in [-0.3, -0.25) is 10.1 Å². The Hall–Kier alpha value is -2.15. The van der Waals surface area contributed by atoms with E-state index in [1.807, 2.05) is 11.4 Å². The highest BCUT2D eigenvalue weighted by Crippen LogP contribution is 2.34. The number of thiophene rings is 1. The molecule has 20 heavy (non-hydrogen) atoms. The second-order valence-corrected chi connectivity index (χ2v) is 5.84.